The molecule has 59 valence electrons. The lowest BCUT2D eigenvalue weighted by molar-refractivity contribution is -0.117. The van der Waals surface area contributed by atoms with Crippen LogP contribution in [0.1, 0.15) is 0 Å². The van der Waals surface area contributed by atoms with Gasteiger partial charge in [0.2, 0.25) is 0 Å². The van der Waals surface area contributed by atoms with Gasteiger partial charge in [0.1, 0.15) is 5.70 Å². The van der Waals surface area contributed by atoms with E-state index in [2.05, 4.69) is 10.6 Å². The third-order valence-electron chi connectivity index (χ3n) is 1.24. The van der Waals surface area contributed by atoms with Crippen LogP contribution in [-0.4, -0.2) is 30.9 Å². The fourth-order valence-electron chi connectivity index (χ4n) is 0.690. The van der Waals surface area contributed by atoms with Gasteiger partial charge in [0.15, 0.2) is 0 Å². The van der Waals surface area contributed by atoms with Crippen LogP contribution in [0.3, 0.4) is 0 Å². The molecule has 0 fully saturated rings. The van der Waals surface area contributed by atoms with Gasteiger partial charge >= 0.3 is 6.03 Å². The monoisotopic (exact) mass is 154 g/mol. The Bertz CT molecular complexity index is 232. The first-order valence-corrected chi connectivity index (χ1v) is 3.05. The maximum absolute atomic E-state index is 10.9. The number of imide groups is 1. The molecule has 0 saturated carbocycles. The Balaban J connectivity index is 2.81. The first-order valence-electron chi connectivity index (χ1n) is 3.05. The number of amides is 3. The summed E-state index contributed by atoms with van der Waals surface area (Å²) in [5, 5.41) is 5.46. The van der Waals surface area contributed by atoms with Gasteiger partial charge in [-0.3, -0.25) is 10.1 Å². The van der Waals surface area contributed by atoms with Crippen LogP contribution < -0.4 is 10.6 Å². The number of carbonyl (C=O) groups is 2. The number of nitrogens with zero attached hydrogens (tertiary/aromatic N) is 2. The molecule has 1 heterocycles. The highest BCUT2D eigenvalue weighted by Gasteiger charge is 2.20. The van der Waals surface area contributed by atoms with Gasteiger partial charge < -0.3 is 4.90 Å². The summed E-state index contributed by atoms with van der Waals surface area (Å²) < 4.78 is 0. The quantitative estimate of drug-likeness (QED) is 0.540. The molecule has 1 rings (SSSR count). The molecule has 3 amide bonds. The summed E-state index contributed by atoms with van der Waals surface area (Å²) >= 11 is 0. The largest absolute Gasteiger partial charge is 0.372 e. The summed E-state index contributed by atoms with van der Waals surface area (Å²) in [4.78, 5) is 23.0. The number of carbonyl (C=O) groups excluding carboxylic acids is 2. The Labute approximate surface area is 64.1 Å². The van der Waals surface area contributed by atoms with E-state index in [4.69, 9.17) is 0 Å². The Morgan fingerprint density at radius 2 is 2.09 bits per heavy atom. The minimum Gasteiger partial charge on any atom is -0.372 e. The van der Waals surface area contributed by atoms with Gasteiger partial charge in [0, 0.05) is 14.1 Å². The number of nitrogens with one attached hydrogen (secondary N) is 1. The van der Waals surface area contributed by atoms with Crippen LogP contribution in [0.25, 0.3) is 0 Å². The standard InChI is InChI=1S/C6H8N3O2/c1-9(2)4-3-7-6(11)8-5(4)10/h3H,1-2H3,(H,8,10,11). The molecule has 1 aliphatic heterocycles. The van der Waals surface area contributed by atoms with Gasteiger partial charge in [-0.05, 0) is 0 Å². The van der Waals surface area contributed by atoms with Gasteiger partial charge in [-0.15, -0.1) is 0 Å². The molecule has 1 N–H and O–H groups in total. The maximum atomic E-state index is 10.9. The van der Waals surface area contributed by atoms with Gasteiger partial charge in [-0.1, -0.05) is 0 Å². The van der Waals surface area contributed by atoms with Gasteiger partial charge in [-0.2, -0.15) is 5.32 Å². The summed E-state index contributed by atoms with van der Waals surface area (Å²) in [5.74, 6) is -0.407. The number of likely N-dealkylation sites (N-methyl/N-ethyl adjacent to an activating group) is 1. The van der Waals surface area contributed by atoms with Crippen LogP contribution in [0.15, 0.2) is 11.9 Å². The zero-order valence-corrected chi connectivity index (χ0v) is 6.29. The van der Waals surface area contributed by atoms with Crippen molar-refractivity contribution in [3.63, 3.8) is 0 Å². The summed E-state index contributed by atoms with van der Waals surface area (Å²) in [6.07, 6.45) is 1.25. The van der Waals surface area contributed by atoms with Crippen molar-refractivity contribution >= 4 is 11.9 Å². The molecule has 0 atom stereocenters. The van der Waals surface area contributed by atoms with E-state index in [0.717, 1.165) is 0 Å². The van der Waals surface area contributed by atoms with Crippen molar-refractivity contribution in [2.45, 2.75) is 0 Å². The fraction of sp³-hybridized carbons (Fsp3) is 0.333. The summed E-state index contributed by atoms with van der Waals surface area (Å²) in [6, 6.07) is -0.611. The molecular formula is C6H8N3O2. The molecule has 0 aliphatic carbocycles. The fourth-order valence-corrected chi connectivity index (χ4v) is 0.690. The highest BCUT2D eigenvalue weighted by molar-refractivity contribution is 6.05. The van der Waals surface area contributed by atoms with E-state index >= 15 is 0 Å². The van der Waals surface area contributed by atoms with Gasteiger partial charge in [-0.25, -0.2) is 4.79 Å². The molecular weight excluding hydrogens is 146 g/mol. The van der Waals surface area contributed by atoms with Crippen LogP contribution >= 0.6 is 0 Å². The Kier molecular flexibility index (Phi) is 1.80. The van der Waals surface area contributed by atoms with Crippen molar-refractivity contribution in [1.82, 2.24) is 15.5 Å². The van der Waals surface area contributed by atoms with Crippen molar-refractivity contribution < 1.29 is 9.59 Å². The number of rotatable bonds is 1. The van der Waals surface area contributed by atoms with Gasteiger partial charge in [0.25, 0.3) is 5.91 Å². The topological polar surface area (TPSA) is 63.5 Å². The summed E-state index contributed by atoms with van der Waals surface area (Å²) in [6.45, 7) is 0. The SMILES string of the molecule is CN(C)C1=C[N]C(=O)NC1=O. The van der Waals surface area contributed by atoms with Crippen LogP contribution in [0.2, 0.25) is 0 Å². The first kappa shape index (κ1) is 7.59. The second-order valence-electron chi connectivity index (χ2n) is 2.30. The second-order valence-corrected chi connectivity index (χ2v) is 2.30. The molecule has 0 aromatic rings. The highest BCUT2D eigenvalue weighted by atomic mass is 16.2. The average Bonchev–Trinajstić information content (AvgIpc) is 1.85. The number of hydrogen-bond acceptors (Lipinski definition) is 3. The van der Waals surface area contributed by atoms with Gasteiger partial charge in [0.05, 0.1) is 6.20 Å². The van der Waals surface area contributed by atoms with E-state index < -0.39 is 11.9 Å². The molecule has 0 aromatic heterocycles. The molecule has 0 spiro atoms. The second kappa shape index (κ2) is 2.61. The molecule has 1 aliphatic rings. The van der Waals surface area contributed by atoms with Crippen molar-refractivity contribution in [1.29, 1.82) is 0 Å². The van der Waals surface area contributed by atoms with Crippen molar-refractivity contribution in [3.05, 3.63) is 11.9 Å². The minimum absolute atomic E-state index is 0.379. The molecule has 0 aromatic carbocycles. The van der Waals surface area contributed by atoms with E-state index in [1.54, 1.807) is 19.0 Å². The maximum Gasteiger partial charge on any atom is 0.347 e. The third-order valence-corrected chi connectivity index (χ3v) is 1.24. The molecule has 5 nitrogen and oxygen atoms in total. The van der Waals surface area contributed by atoms with E-state index in [1.807, 2.05) is 0 Å². The lowest BCUT2D eigenvalue weighted by Crippen LogP contribution is -2.42. The first-order chi connectivity index (χ1) is 5.11. The molecule has 1 radical (unpaired) electrons. The highest BCUT2D eigenvalue weighted by Crippen LogP contribution is 2.00. The normalized spacial score (nSPS) is 16.7. The third kappa shape index (κ3) is 1.49. The minimum atomic E-state index is -0.611. The molecule has 11 heavy (non-hydrogen) atoms. The number of hydrogen-bond donors (Lipinski definition) is 1. The van der Waals surface area contributed by atoms with Crippen molar-refractivity contribution in [3.8, 4) is 0 Å². The lowest BCUT2D eigenvalue weighted by Gasteiger charge is -2.18. The average molecular weight is 154 g/mol. The predicted octanol–water partition coefficient (Wildman–Crippen LogP) is -0.756. The zero-order valence-electron chi connectivity index (χ0n) is 6.29. The van der Waals surface area contributed by atoms with Crippen molar-refractivity contribution in [2.75, 3.05) is 14.1 Å². The zero-order chi connectivity index (χ0) is 8.43. The molecule has 0 bridgehead atoms. The Hall–Kier alpha value is -1.52. The van der Waals surface area contributed by atoms with E-state index in [-0.39, 0.29) is 0 Å². The Morgan fingerprint density at radius 3 is 2.55 bits per heavy atom. The van der Waals surface area contributed by atoms with E-state index in [1.165, 1.54) is 6.20 Å². The lowest BCUT2D eigenvalue weighted by atomic mass is 10.3. The smallest absolute Gasteiger partial charge is 0.347 e. The van der Waals surface area contributed by atoms with Crippen molar-refractivity contribution in [2.24, 2.45) is 0 Å². The predicted molar refractivity (Wildman–Crippen MR) is 37.4 cm³/mol. The summed E-state index contributed by atoms with van der Waals surface area (Å²) in [7, 11) is 3.41. The molecule has 5 heteroatoms. The number of urea groups is 1. The van der Waals surface area contributed by atoms with Crippen LogP contribution in [0.5, 0.6) is 0 Å². The molecule has 0 saturated heterocycles. The van der Waals surface area contributed by atoms with Crippen LogP contribution in [0.4, 0.5) is 4.79 Å². The summed E-state index contributed by atoms with van der Waals surface area (Å²) in [5.41, 5.74) is 0.379. The Morgan fingerprint density at radius 1 is 1.45 bits per heavy atom. The van der Waals surface area contributed by atoms with Crippen LogP contribution in [-0.2, 0) is 4.79 Å². The van der Waals surface area contributed by atoms with Crippen LogP contribution in [0, 0.1) is 0 Å². The van der Waals surface area contributed by atoms with E-state index in [0.29, 0.717) is 5.70 Å². The molecule has 0 unspecified atom stereocenters. The van der Waals surface area contributed by atoms with E-state index in [9.17, 15) is 9.59 Å².